The smallest absolute Gasteiger partial charge is 0.340 e. The number of carbonyl (C=O) groups is 1. The number of carbonyl (C=O) groups excluding carboxylic acids is 1. The second kappa shape index (κ2) is 7.45. The van der Waals surface area contributed by atoms with Crippen molar-refractivity contribution >= 4 is 11.7 Å². The van der Waals surface area contributed by atoms with E-state index in [0.29, 0.717) is 5.75 Å². The Morgan fingerprint density at radius 3 is 2.43 bits per heavy atom. The molecule has 4 heteroatoms. The summed E-state index contributed by atoms with van der Waals surface area (Å²) in [4.78, 5) is 11.2. The standard InChI is InChI=1S/C17H19NO3/c1-13(19)17(20)21-16-9-7-15(8-10-16)18-12-11-14-5-3-2-4-6-14/h2-10,13,18-19H,11-12H2,1H3/t13-/m1/s1. The molecular formula is C17H19NO3. The SMILES string of the molecule is C[C@@H](O)C(=O)Oc1ccc(NCCc2ccccc2)cc1. The first-order valence-electron chi connectivity index (χ1n) is 6.93. The predicted octanol–water partition coefficient (Wildman–Crippen LogP) is 2.63. The summed E-state index contributed by atoms with van der Waals surface area (Å²) < 4.78 is 4.99. The Kier molecular flexibility index (Phi) is 5.35. The number of anilines is 1. The second-order valence-electron chi connectivity index (χ2n) is 4.78. The lowest BCUT2D eigenvalue weighted by molar-refractivity contribution is -0.142. The van der Waals surface area contributed by atoms with Gasteiger partial charge in [0.2, 0.25) is 0 Å². The Balaban J connectivity index is 1.81. The maximum Gasteiger partial charge on any atom is 0.340 e. The molecule has 0 amide bonds. The van der Waals surface area contributed by atoms with Crippen molar-refractivity contribution in [3.8, 4) is 5.75 Å². The minimum Gasteiger partial charge on any atom is -0.425 e. The second-order valence-corrected chi connectivity index (χ2v) is 4.78. The third kappa shape index (κ3) is 4.93. The van der Waals surface area contributed by atoms with Crippen LogP contribution in [0.4, 0.5) is 5.69 Å². The first kappa shape index (κ1) is 15.1. The summed E-state index contributed by atoms with van der Waals surface area (Å²) >= 11 is 0. The molecule has 0 radical (unpaired) electrons. The number of rotatable bonds is 6. The highest BCUT2D eigenvalue weighted by atomic mass is 16.5. The number of benzene rings is 2. The van der Waals surface area contributed by atoms with Crippen LogP contribution in [-0.4, -0.2) is 23.7 Å². The van der Waals surface area contributed by atoms with Crippen molar-refractivity contribution in [2.75, 3.05) is 11.9 Å². The zero-order chi connectivity index (χ0) is 15.1. The van der Waals surface area contributed by atoms with Gasteiger partial charge in [0.15, 0.2) is 0 Å². The van der Waals surface area contributed by atoms with Crippen molar-refractivity contribution < 1.29 is 14.6 Å². The van der Waals surface area contributed by atoms with Gasteiger partial charge in [0.25, 0.3) is 0 Å². The molecule has 4 nitrogen and oxygen atoms in total. The predicted molar refractivity (Wildman–Crippen MR) is 82.4 cm³/mol. The highest BCUT2D eigenvalue weighted by molar-refractivity contribution is 5.76. The summed E-state index contributed by atoms with van der Waals surface area (Å²) in [5.74, 6) is -0.228. The number of aliphatic hydroxyl groups is 1. The molecule has 2 rings (SSSR count). The van der Waals surface area contributed by atoms with Crippen LogP contribution in [0.15, 0.2) is 54.6 Å². The molecule has 0 saturated carbocycles. The highest BCUT2D eigenvalue weighted by Crippen LogP contribution is 2.16. The van der Waals surface area contributed by atoms with Gasteiger partial charge in [0.1, 0.15) is 11.9 Å². The van der Waals surface area contributed by atoms with Crippen molar-refractivity contribution in [1.29, 1.82) is 0 Å². The van der Waals surface area contributed by atoms with E-state index in [4.69, 9.17) is 9.84 Å². The zero-order valence-electron chi connectivity index (χ0n) is 12.0. The van der Waals surface area contributed by atoms with Crippen LogP contribution in [0.25, 0.3) is 0 Å². The molecule has 0 saturated heterocycles. The fraction of sp³-hybridized carbons (Fsp3) is 0.235. The van der Waals surface area contributed by atoms with E-state index >= 15 is 0 Å². The Bertz CT molecular complexity index is 564. The highest BCUT2D eigenvalue weighted by Gasteiger charge is 2.10. The Hall–Kier alpha value is -2.33. The summed E-state index contributed by atoms with van der Waals surface area (Å²) in [5, 5.41) is 12.4. The minimum absolute atomic E-state index is 0.425. The van der Waals surface area contributed by atoms with Gasteiger partial charge >= 0.3 is 5.97 Å². The molecule has 2 N–H and O–H groups in total. The van der Waals surface area contributed by atoms with E-state index in [1.165, 1.54) is 12.5 Å². The molecule has 0 bridgehead atoms. The van der Waals surface area contributed by atoms with E-state index in [-0.39, 0.29) is 0 Å². The van der Waals surface area contributed by atoms with Gasteiger partial charge in [-0.15, -0.1) is 0 Å². The Labute approximate surface area is 124 Å². The maximum atomic E-state index is 11.2. The van der Waals surface area contributed by atoms with E-state index in [2.05, 4.69) is 17.4 Å². The zero-order valence-corrected chi connectivity index (χ0v) is 12.0. The fourth-order valence-electron chi connectivity index (χ4n) is 1.84. The molecule has 0 aliphatic rings. The van der Waals surface area contributed by atoms with Crippen molar-refractivity contribution in [3.63, 3.8) is 0 Å². The topological polar surface area (TPSA) is 58.6 Å². The van der Waals surface area contributed by atoms with E-state index in [0.717, 1.165) is 18.7 Å². The lowest BCUT2D eigenvalue weighted by atomic mass is 10.1. The monoisotopic (exact) mass is 285 g/mol. The number of nitrogens with one attached hydrogen (secondary N) is 1. The Morgan fingerprint density at radius 1 is 1.14 bits per heavy atom. The van der Waals surface area contributed by atoms with Gasteiger partial charge < -0.3 is 15.2 Å². The largest absolute Gasteiger partial charge is 0.425 e. The first-order valence-corrected chi connectivity index (χ1v) is 6.93. The summed E-state index contributed by atoms with van der Waals surface area (Å²) in [6, 6.07) is 17.3. The molecule has 0 spiro atoms. The van der Waals surface area contributed by atoms with E-state index in [1.807, 2.05) is 30.3 Å². The molecule has 2 aromatic rings. The van der Waals surface area contributed by atoms with Gasteiger partial charge in [0, 0.05) is 12.2 Å². The molecule has 21 heavy (non-hydrogen) atoms. The van der Waals surface area contributed by atoms with Gasteiger partial charge in [-0.25, -0.2) is 4.79 Å². The molecule has 0 heterocycles. The van der Waals surface area contributed by atoms with Crippen LogP contribution in [0, 0.1) is 0 Å². The lowest BCUT2D eigenvalue weighted by Gasteiger charge is -2.09. The fourth-order valence-corrected chi connectivity index (χ4v) is 1.84. The molecule has 0 aliphatic carbocycles. The van der Waals surface area contributed by atoms with Crippen LogP contribution in [-0.2, 0) is 11.2 Å². The molecule has 0 aliphatic heterocycles. The van der Waals surface area contributed by atoms with Crippen LogP contribution in [0.3, 0.4) is 0 Å². The summed E-state index contributed by atoms with van der Waals surface area (Å²) in [6.07, 6.45) is -0.173. The Morgan fingerprint density at radius 2 is 1.81 bits per heavy atom. The third-order valence-electron chi connectivity index (χ3n) is 3.00. The normalized spacial score (nSPS) is 11.7. The van der Waals surface area contributed by atoms with Crippen molar-refractivity contribution in [3.05, 3.63) is 60.2 Å². The third-order valence-corrected chi connectivity index (χ3v) is 3.00. The summed E-state index contributed by atoms with van der Waals surface area (Å²) in [5.41, 5.74) is 2.25. The van der Waals surface area contributed by atoms with Crippen molar-refractivity contribution in [2.24, 2.45) is 0 Å². The van der Waals surface area contributed by atoms with Gasteiger partial charge in [-0.3, -0.25) is 0 Å². The van der Waals surface area contributed by atoms with Gasteiger partial charge in [0.05, 0.1) is 0 Å². The molecule has 0 fully saturated rings. The number of esters is 1. The first-order chi connectivity index (χ1) is 10.1. The van der Waals surface area contributed by atoms with Crippen molar-refractivity contribution in [1.82, 2.24) is 0 Å². The minimum atomic E-state index is -1.12. The average molecular weight is 285 g/mol. The van der Waals surface area contributed by atoms with Crippen LogP contribution >= 0.6 is 0 Å². The van der Waals surface area contributed by atoms with Crippen LogP contribution in [0.1, 0.15) is 12.5 Å². The summed E-state index contributed by atoms with van der Waals surface area (Å²) in [7, 11) is 0. The number of hydrogen-bond acceptors (Lipinski definition) is 4. The molecule has 2 aromatic carbocycles. The number of hydrogen-bond donors (Lipinski definition) is 2. The van der Waals surface area contributed by atoms with Gasteiger partial charge in [-0.1, -0.05) is 30.3 Å². The molecule has 0 unspecified atom stereocenters. The molecule has 110 valence electrons. The van der Waals surface area contributed by atoms with E-state index < -0.39 is 12.1 Å². The molecule has 1 atom stereocenters. The van der Waals surface area contributed by atoms with Gasteiger partial charge in [-0.2, -0.15) is 0 Å². The lowest BCUT2D eigenvalue weighted by Crippen LogP contribution is -2.22. The van der Waals surface area contributed by atoms with Crippen molar-refractivity contribution in [2.45, 2.75) is 19.4 Å². The maximum absolute atomic E-state index is 11.2. The van der Waals surface area contributed by atoms with E-state index in [9.17, 15) is 4.79 Å². The van der Waals surface area contributed by atoms with Crippen LogP contribution in [0.5, 0.6) is 5.75 Å². The number of ether oxygens (including phenoxy) is 1. The van der Waals surface area contributed by atoms with Gasteiger partial charge in [-0.05, 0) is 43.2 Å². The number of aliphatic hydroxyl groups excluding tert-OH is 1. The quantitative estimate of drug-likeness (QED) is 0.633. The average Bonchev–Trinajstić information content (AvgIpc) is 2.50. The van der Waals surface area contributed by atoms with Crippen LogP contribution in [0.2, 0.25) is 0 Å². The molecule has 0 aromatic heterocycles. The van der Waals surface area contributed by atoms with E-state index in [1.54, 1.807) is 12.1 Å². The molecular weight excluding hydrogens is 266 g/mol. The summed E-state index contributed by atoms with van der Waals surface area (Å²) in [6.45, 7) is 2.21. The van der Waals surface area contributed by atoms with Crippen LogP contribution < -0.4 is 10.1 Å².